The quantitative estimate of drug-likeness (QED) is 0.898. The second-order valence-corrected chi connectivity index (χ2v) is 7.01. The second-order valence-electron chi connectivity index (χ2n) is 5.54. The van der Waals surface area contributed by atoms with Crippen LogP contribution in [0.5, 0.6) is 0 Å². The number of nitrogens with one attached hydrogen (secondary N) is 1. The molecule has 1 aliphatic heterocycles. The van der Waals surface area contributed by atoms with E-state index in [0.29, 0.717) is 6.04 Å². The average Bonchev–Trinajstić information content (AvgIpc) is 2.75. The molecule has 2 rings (SSSR count). The van der Waals surface area contributed by atoms with Crippen LogP contribution in [0.1, 0.15) is 32.8 Å². The van der Waals surface area contributed by atoms with Gasteiger partial charge in [0.15, 0.2) is 0 Å². The predicted octanol–water partition coefficient (Wildman–Crippen LogP) is 3.79. The standard InChI is InChI=1S/C15H20N2S/c1-11-8-14(9-18-11)17-13-6-4-12(5-7-13)15(2,3)10-16/h4-7,11,14,17H,8-9H2,1-3H3. The number of anilines is 1. The van der Waals surface area contributed by atoms with Gasteiger partial charge in [-0.15, -0.1) is 0 Å². The van der Waals surface area contributed by atoms with Gasteiger partial charge in [-0.2, -0.15) is 17.0 Å². The van der Waals surface area contributed by atoms with Crippen LogP contribution in [-0.2, 0) is 5.41 Å². The van der Waals surface area contributed by atoms with Crippen LogP contribution in [0, 0.1) is 11.3 Å². The largest absolute Gasteiger partial charge is 0.381 e. The number of nitriles is 1. The summed E-state index contributed by atoms with van der Waals surface area (Å²) in [4.78, 5) is 0. The van der Waals surface area contributed by atoms with E-state index in [1.54, 1.807) is 0 Å². The van der Waals surface area contributed by atoms with Crippen molar-refractivity contribution in [3.8, 4) is 6.07 Å². The van der Waals surface area contributed by atoms with E-state index >= 15 is 0 Å². The number of thioether (sulfide) groups is 1. The molecule has 1 N–H and O–H groups in total. The van der Waals surface area contributed by atoms with Crippen LogP contribution < -0.4 is 5.32 Å². The smallest absolute Gasteiger partial charge is 0.0766 e. The van der Waals surface area contributed by atoms with E-state index in [2.05, 4.69) is 42.6 Å². The first-order valence-corrected chi connectivity index (χ1v) is 7.46. The molecule has 1 heterocycles. The maximum absolute atomic E-state index is 9.11. The summed E-state index contributed by atoms with van der Waals surface area (Å²) in [6, 6.07) is 11.2. The van der Waals surface area contributed by atoms with Crippen molar-refractivity contribution < 1.29 is 0 Å². The molecule has 1 aromatic rings. The van der Waals surface area contributed by atoms with Crippen molar-refractivity contribution in [2.45, 2.75) is 43.9 Å². The van der Waals surface area contributed by atoms with Crippen LogP contribution in [0.25, 0.3) is 0 Å². The highest BCUT2D eigenvalue weighted by molar-refractivity contribution is 8.00. The van der Waals surface area contributed by atoms with E-state index in [9.17, 15) is 0 Å². The summed E-state index contributed by atoms with van der Waals surface area (Å²) in [5, 5.41) is 13.4. The van der Waals surface area contributed by atoms with Crippen LogP contribution in [0.15, 0.2) is 24.3 Å². The Balaban J connectivity index is 2.02. The summed E-state index contributed by atoms with van der Waals surface area (Å²) in [5.41, 5.74) is 1.83. The lowest BCUT2D eigenvalue weighted by molar-refractivity contribution is 0.686. The number of nitrogens with zero attached hydrogens (tertiary/aromatic N) is 1. The zero-order valence-corrected chi connectivity index (χ0v) is 12.1. The lowest BCUT2D eigenvalue weighted by Gasteiger charge is -2.18. The molecule has 0 radical (unpaired) electrons. The third-order valence-electron chi connectivity index (χ3n) is 3.46. The minimum absolute atomic E-state index is 0.406. The van der Waals surface area contributed by atoms with Gasteiger partial charge < -0.3 is 5.32 Å². The molecule has 1 aliphatic rings. The van der Waals surface area contributed by atoms with Crippen molar-refractivity contribution in [1.29, 1.82) is 5.26 Å². The first-order chi connectivity index (χ1) is 8.51. The zero-order chi connectivity index (χ0) is 13.2. The molecular weight excluding hydrogens is 240 g/mol. The van der Waals surface area contributed by atoms with Gasteiger partial charge in [0, 0.05) is 22.7 Å². The summed E-state index contributed by atoms with van der Waals surface area (Å²) in [5.74, 6) is 1.19. The summed E-state index contributed by atoms with van der Waals surface area (Å²) < 4.78 is 0. The molecule has 96 valence electrons. The number of benzene rings is 1. The van der Waals surface area contributed by atoms with Gasteiger partial charge in [0.2, 0.25) is 0 Å². The van der Waals surface area contributed by atoms with Crippen molar-refractivity contribution in [2.75, 3.05) is 11.1 Å². The fraction of sp³-hybridized carbons (Fsp3) is 0.533. The highest BCUT2D eigenvalue weighted by atomic mass is 32.2. The van der Waals surface area contributed by atoms with Gasteiger partial charge in [0.1, 0.15) is 0 Å². The maximum Gasteiger partial charge on any atom is 0.0766 e. The molecule has 0 aliphatic carbocycles. The van der Waals surface area contributed by atoms with E-state index in [1.807, 2.05) is 25.6 Å². The van der Waals surface area contributed by atoms with E-state index in [1.165, 1.54) is 12.2 Å². The van der Waals surface area contributed by atoms with E-state index < -0.39 is 5.41 Å². The SMILES string of the molecule is CC1CC(Nc2ccc(C(C)(C)C#N)cc2)CS1. The van der Waals surface area contributed by atoms with Crippen LogP contribution in [0.4, 0.5) is 5.69 Å². The summed E-state index contributed by atoms with van der Waals surface area (Å²) >= 11 is 2.03. The summed E-state index contributed by atoms with van der Waals surface area (Å²) in [6.45, 7) is 6.18. The lowest BCUT2D eigenvalue weighted by atomic mass is 9.86. The molecule has 3 heteroatoms. The van der Waals surface area contributed by atoms with Gasteiger partial charge in [-0.05, 0) is 38.0 Å². The minimum Gasteiger partial charge on any atom is -0.381 e. The van der Waals surface area contributed by atoms with E-state index in [0.717, 1.165) is 16.5 Å². The Bertz CT molecular complexity index is 445. The Morgan fingerprint density at radius 2 is 2.00 bits per heavy atom. The molecule has 0 spiro atoms. The van der Waals surface area contributed by atoms with Crippen LogP contribution in [-0.4, -0.2) is 17.0 Å². The van der Waals surface area contributed by atoms with Crippen molar-refractivity contribution >= 4 is 17.4 Å². The van der Waals surface area contributed by atoms with Gasteiger partial charge in [0.25, 0.3) is 0 Å². The summed E-state index contributed by atoms with van der Waals surface area (Å²) in [6.07, 6.45) is 1.23. The van der Waals surface area contributed by atoms with Gasteiger partial charge in [-0.3, -0.25) is 0 Å². The molecule has 1 aromatic carbocycles. The Morgan fingerprint density at radius 1 is 1.33 bits per heavy atom. The van der Waals surface area contributed by atoms with Crippen LogP contribution >= 0.6 is 11.8 Å². The van der Waals surface area contributed by atoms with E-state index in [-0.39, 0.29) is 0 Å². The normalized spacial score (nSPS) is 23.7. The molecule has 0 bridgehead atoms. The fourth-order valence-corrected chi connectivity index (χ4v) is 3.35. The third-order valence-corrected chi connectivity index (χ3v) is 4.81. The van der Waals surface area contributed by atoms with Gasteiger partial charge in [-0.1, -0.05) is 19.1 Å². The first kappa shape index (κ1) is 13.3. The van der Waals surface area contributed by atoms with Gasteiger partial charge in [0.05, 0.1) is 11.5 Å². The van der Waals surface area contributed by atoms with Crippen molar-refractivity contribution in [3.63, 3.8) is 0 Å². The lowest BCUT2D eigenvalue weighted by Crippen LogP contribution is -2.19. The van der Waals surface area contributed by atoms with E-state index in [4.69, 9.17) is 5.26 Å². The molecule has 1 saturated heterocycles. The molecule has 1 fully saturated rings. The topological polar surface area (TPSA) is 35.8 Å². The number of rotatable bonds is 3. The highest BCUT2D eigenvalue weighted by Gasteiger charge is 2.22. The van der Waals surface area contributed by atoms with Gasteiger partial charge >= 0.3 is 0 Å². The molecule has 0 aromatic heterocycles. The molecule has 2 atom stereocenters. The minimum atomic E-state index is -0.406. The Hall–Kier alpha value is -1.14. The maximum atomic E-state index is 9.11. The van der Waals surface area contributed by atoms with Gasteiger partial charge in [-0.25, -0.2) is 0 Å². The number of hydrogen-bond donors (Lipinski definition) is 1. The number of hydrogen-bond acceptors (Lipinski definition) is 3. The Labute approximate surface area is 114 Å². The van der Waals surface area contributed by atoms with Crippen LogP contribution in [0.2, 0.25) is 0 Å². The van der Waals surface area contributed by atoms with Crippen molar-refractivity contribution in [2.24, 2.45) is 0 Å². The molecular formula is C15H20N2S. The van der Waals surface area contributed by atoms with Crippen molar-refractivity contribution in [3.05, 3.63) is 29.8 Å². The predicted molar refractivity (Wildman–Crippen MR) is 79.0 cm³/mol. The Kier molecular flexibility index (Phi) is 3.87. The van der Waals surface area contributed by atoms with Crippen molar-refractivity contribution in [1.82, 2.24) is 0 Å². The average molecular weight is 260 g/mol. The van der Waals surface area contributed by atoms with Crippen LogP contribution in [0.3, 0.4) is 0 Å². The molecule has 2 nitrogen and oxygen atoms in total. The molecule has 18 heavy (non-hydrogen) atoms. The second kappa shape index (κ2) is 5.24. The molecule has 0 saturated carbocycles. The first-order valence-electron chi connectivity index (χ1n) is 6.41. The third kappa shape index (κ3) is 3.00. The molecule has 2 unspecified atom stereocenters. The monoisotopic (exact) mass is 260 g/mol. The zero-order valence-electron chi connectivity index (χ0n) is 11.2. The summed E-state index contributed by atoms with van der Waals surface area (Å²) in [7, 11) is 0. The molecule has 0 amide bonds. The fourth-order valence-electron chi connectivity index (χ4n) is 2.20. The highest BCUT2D eigenvalue weighted by Crippen LogP contribution is 2.29. The Morgan fingerprint density at radius 3 is 2.50 bits per heavy atom.